The summed E-state index contributed by atoms with van der Waals surface area (Å²) in [5.41, 5.74) is 1.04. The minimum Gasteiger partial charge on any atom is -0.462 e. The maximum absolute atomic E-state index is 12.0. The lowest BCUT2D eigenvalue weighted by Crippen LogP contribution is -2.49. The van der Waals surface area contributed by atoms with Crippen LogP contribution in [-0.4, -0.2) is 28.4 Å². The number of anilines is 1. The van der Waals surface area contributed by atoms with Crippen LogP contribution < -0.4 is 10.6 Å². The molecule has 0 fully saturated rings. The van der Waals surface area contributed by atoms with Gasteiger partial charge in [-0.25, -0.2) is 4.79 Å². The second-order valence-electron chi connectivity index (χ2n) is 6.21. The number of carbonyl (C=O) groups excluding carboxylic acids is 2. The number of esters is 1. The third kappa shape index (κ3) is 9.54. The van der Waals surface area contributed by atoms with Gasteiger partial charge in [-0.05, 0) is 37.1 Å². The van der Waals surface area contributed by atoms with Gasteiger partial charge in [0.25, 0.3) is 0 Å². The SMILES string of the molecule is CCCCCC(=O)NC(Nc1ccc(C(=O)OCCCC)cc1)C(Cl)(Cl)Cl. The molecule has 0 radical (unpaired) electrons. The number of unbranched alkanes of at least 4 members (excludes halogenated alkanes) is 3. The molecule has 0 bridgehead atoms. The fourth-order valence-electron chi connectivity index (χ4n) is 2.23. The van der Waals surface area contributed by atoms with E-state index in [9.17, 15) is 9.59 Å². The van der Waals surface area contributed by atoms with E-state index in [1.165, 1.54) is 0 Å². The van der Waals surface area contributed by atoms with Gasteiger partial charge >= 0.3 is 5.97 Å². The van der Waals surface area contributed by atoms with E-state index in [0.717, 1.165) is 32.1 Å². The minimum atomic E-state index is -1.74. The zero-order valence-electron chi connectivity index (χ0n) is 15.7. The van der Waals surface area contributed by atoms with Crippen molar-refractivity contribution in [1.29, 1.82) is 0 Å². The van der Waals surface area contributed by atoms with Gasteiger partial charge in [0, 0.05) is 12.1 Å². The Morgan fingerprint density at radius 1 is 1.04 bits per heavy atom. The van der Waals surface area contributed by atoms with Gasteiger partial charge in [0.05, 0.1) is 12.2 Å². The molecule has 0 aliphatic carbocycles. The van der Waals surface area contributed by atoms with E-state index in [1.807, 2.05) is 6.92 Å². The van der Waals surface area contributed by atoms with Crippen LogP contribution in [0, 0.1) is 0 Å². The molecule has 5 nitrogen and oxygen atoms in total. The van der Waals surface area contributed by atoms with Crippen LogP contribution in [0.1, 0.15) is 62.7 Å². The van der Waals surface area contributed by atoms with Crippen molar-refractivity contribution in [3.8, 4) is 0 Å². The third-order valence-corrected chi connectivity index (χ3v) is 4.46. The van der Waals surface area contributed by atoms with Gasteiger partial charge in [-0.1, -0.05) is 67.9 Å². The molecule has 1 rings (SSSR count). The van der Waals surface area contributed by atoms with Crippen LogP contribution in [0.25, 0.3) is 0 Å². The number of hydrogen-bond acceptors (Lipinski definition) is 4. The highest BCUT2D eigenvalue weighted by atomic mass is 35.6. The minimum absolute atomic E-state index is 0.191. The molecular formula is C19H27Cl3N2O3. The lowest BCUT2D eigenvalue weighted by molar-refractivity contribution is -0.121. The highest BCUT2D eigenvalue weighted by molar-refractivity contribution is 6.68. The van der Waals surface area contributed by atoms with E-state index in [-0.39, 0.29) is 11.9 Å². The van der Waals surface area contributed by atoms with E-state index < -0.39 is 9.96 Å². The van der Waals surface area contributed by atoms with Crippen molar-refractivity contribution in [2.45, 2.75) is 62.3 Å². The molecule has 152 valence electrons. The van der Waals surface area contributed by atoms with E-state index in [0.29, 0.717) is 24.3 Å². The second-order valence-corrected chi connectivity index (χ2v) is 8.58. The number of amides is 1. The number of carbonyl (C=O) groups is 2. The molecule has 1 atom stereocenters. The molecule has 0 heterocycles. The first-order valence-corrected chi connectivity index (χ1v) is 10.3. The predicted molar refractivity (Wildman–Crippen MR) is 112 cm³/mol. The largest absolute Gasteiger partial charge is 0.462 e. The molecule has 0 aromatic heterocycles. The van der Waals surface area contributed by atoms with Crippen molar-refractivity contribution >= 4 is 52.4 Å². The number of ether oxygens (including phenoxy) is 1. The monoisotopic (exact) mass is 436 g/mol. The third-order valence-electron chi connectivity index (χ3n) is 3.80. The Kier molecular flexibility index (Phi) is 10.9. The zero-order chi connectivity index (χ0) is 20.3. The number of alkyl halides is 3. The van der Waals surface area contributed by atoms with Crippen molar-refractivity contribution in [2.24, 2.45) is 0 Å². The Labute approximate surface area is 176 Å². The average Bonchev–Trinajstić information content (AvgIpc) is 2.61. The van der Waals surface area contributed by atoms with Crippen LogP contribution in [-0.2, 0) is 9.53 Å². The van der Waals surface area contributed by atoms with Crippen LogP contribution in [0.15, 0.2) is 24.3 Å². The normalized spacial score (nSPS) is 12.3. The molecule has 1 unspecified atom stereocenters. The van der Waals surface area contributed by atoms with Gasteiger partial charge in [0.2, 0.25) is 9.70 Å². The molecule has 0 saturated carbocycles. The number of hydrogen-bond donors (Lipinski definition) is 2. The number of rotatable bonds is 11. The van der Waals surface area contributed by atoms with Gasteiger partial charge in [-0.2, -0.15) is 0 Å². The molecule has 0 spiro atoms. The van der Waals surface area contributed by atoms with Crippen LogP contribution in [0.5, 0.6) is 0 Å². The fraction of sp³-hybridized carbons (Fsp3) is 0.579. The average molecular weight is 438 g/mol. The smallest absolute Gasteiger partial charge is 0.338 e. The number of halogens is 3. The Bertz CT molecular complexity index is 589. The summed E-state index contributed by atoms with van der Waals surface area (Å²) >= 11 is 18.0. The lowest BCUT2D eigenvalue weighted by atomic mass is 10.2. The maximum Gasteiger partial charge on any atom is 0.338 e. The summed E-state index contributed by atoms with van der Waals surface area (Å²) < 4.78 is 3.43. The maximum atomic E-state index is 12.0. The van der Waals surface area contributed by atoms with Gasteiger partial charge in [-0.3, -0.25) is 4.79 Å². The summed E-state index contributed by atoms with van der Waals surface area (Å²) in [5.74, 6) is -0.569. The van der Waals surface area contributed by atoms with Gasteiger partial charge in [0.15, 0.2) is 0 Å². The van der Waals surface area contributed by atoms with E-state index in [4.69, 9.17) is 39.5 Å². The van der Waals surface area contributed by atoms with Gasteiger partial charge in [0.1, 0.15) is 6.17 Å². The Hall–Kier alpha value is -1.17. The van der Waals surface area contributed by atoms with Crippen molar-refractivity contribution in [2.75, 3.05) is 11.9 Å². The summed E-state index contributed by atoms with van der Waals surface area (Å²) in [7, 11) is 0. The summed E-state index contributed by atoms with van der Waals surface area (Å²) in [6, 6.07) is 6.58. The molecular weight excluding hydrogens is 411 g/mol. The first-order chi connectivity index (χ1) is 12.8. The summed E-state index contributed by atoms with van der Waals surface area (Å²) in [4.78, 5) is 24.0. The fourth-order valence-corrected chi connectivity index (χ4v) is 2.56. The van der Waals surface area contributed by atoms with E-state index in [2.05, 4.69) is 17.6 Å². The van der Waals surface area contributed by atoms with Crippen molar-refractivity contribution in [3.63, 3.8) is 0 Å². The zero-order valence-corrected chi connectivity index (χ0v) is 18.0. The Morgan fingerprint density at radius 3 is 2.22 bits per heavy atom. The van der Waals surface area contributed by atoms with Crippen molar-refractivity contribution in [1.82, 2.24) is 5.32 Å². The topological polar surface area (TPSA) is 67.4 Å². The summed E-state index contributed by atoms with van der Waals surface area (Å²) in [6.45, 7) is 4.49. The molecule has 1 aromatic rings. The molecule has 2 N–H and O–H groups in total. The molecule has 0 saturated heterocycles. The lowest BCUT2D eigenvalue weighted by Gasteiger charge is -2.27. The quantitative estimate of drug-likeness (QED) is 0.209. The Morgan fingerprint density at radius 2 is 1.67 bits per heavy atom. The van der Waals surface area contributed by atoms with Gasteiger partial charge < -0.3 is 15.4 Å². The van der Waals surface area contributed by atoms with Crippen molar-refractivity contribution < 1.29 is 14.3 Å². The van der Waals surface area contributed by atoms with Crippen LogP contribution in [0.3, 0.4) is 0 Å². The van der Waals surface area contributed by atoms with Crippen molar-refractivity contribution in [3.05, 3.63) is 29.8 Å². The van der Waals surface area contributed by atoms with Crippen LogP contribution >= 0.6 is 34.8 Å². The first-order valence-electron chi connectivity index (χ1n) is 9.17. The predicted octanol–water partition coefficient (Wildman–Crippen LogP) is 5.45. The number of nitrogens with one attached hydrogen (secondary N) is 2. The van der Waals surface area contributed by atoms with Crippen LogP contribution in [0.2, 0.25) is 0 Å². The molecule has 8 heteroatoms. The van der Waals surface area contributed by atoms with E-state index in [1.54, 1.807) is 24.3 Å². The first kappa shape index (κ1) is 23.9. The number of benzene rings is 1. The Balaban J connectivity index is 2.67. The highest BCUT2D eigenvalue weighted by Gasteiger charge is 2.33. The summed E-state index contributed by atoms with van der Waals surface area (Å²) in [6.07, 6.45) is 4.02. The standard InChI is InChI=1S/C19H27Cl3N2O3/c1-3-5-7-8-16(25)24-18(19(20,21)22)23-15-11-9-14(10-12-15)17(26)27-13-6-4-2/h9-12,18,23H,3-8,13H2,1-2H3,(H,24,25). The van der Waals surface area contributed by atoms with Crippen LogP contribution in [0.4, 0.5) is 5.69 Å². The molecule has 1 amide bonds. The molecule has 27 heavy (non-hydrogen) atoms. The highest BCUT2D eigenvalue weighted by Crippen LogP contribution is 2.31. The molecule has 0 aliphatic heterocycles. The van der Waals surface area contributed by atoms with Gasteiger partial charge in [-0.15, -0.1) is 0 Å². The molecule has 0 aliphatic rings. The van der Waals surface area contributed by atoms with E-state index >= 15 is 0 Å². The summed E-state index contributed by atoms with van der Waals surface area (Å²) in [5, 5.41) is 5.68. The molecule has 1 aromatic carbocycles. The second kappa shape index (κ2) is 12.3.